The van der Waals surface area contributed by atoms with Crippen LogP contribution in [0, 0.1) is 0 Å². The lowest BCUT2D eigenvalue weighted by Gasteiger charge is -2.53. The van der Waals surface area contributed by atoms with Crippen molar-refractivity contribution in [2.45, 2.75) is 44.7 Å². The number of rotatable bonds is 6. The molecule has 1 aliphatic heterocycles. The van der Waals surface area contributed by atoms with Crippen LogP contribution in [-0.2, 0) is 10.3 Å². The summed E-state index contributed by atoms with van der Waals surface area (Å²) < 4.78 is 5.34. The monoisotopic (exact) mass is 290 g/mol. The molecule has 1 N–H and O–H groups in total. The van der Waals surface area contributed by atoms with Gasteiger partial charge in [0.25, 0.3) is 0 Å². The minimum atomic E-state index is 0.0167. The van der Waals surface area contributed by atoms with E-state index in [1.54, 1.807) is 7.11 Å². The summed E-state index contributed by atoms with van der Waals surface area (Å²) in [5.74, 6) is 0. The predicted octanol–water partition coefficient (Wildman–Crippen LogP) is 3.01. The molecule has 0 amide bonds. The lowest BCUT2D eigenvalue weighted by Crippen LogP contribution is -2.67. The number of ether oxygens (including phenoxy) is 1. The fourth-order valence-electron chi connectivity index (χ4n) is 3.54. The van der Waals surface area contributed by atoms with Crippen LogP contribution in [0.15, 0.2) is 30.3 Å². The van der Waals surface area contributed by atoms with Crippen molar-refractivity contribution in [1.82, 2.24) is 10.2 Å². The molecule has 2 rings (SSSR count). The van der Waals surface area contributed by atoms with Crippen molar-refractivity contribution in [3.63, 3.8) is 0 Å². The molecule has 1 heterocycles. The van der Waals surface area contributed by atoms with Crippen LogP contribution < -0.4 is 5.32 Å². The van der Waals surface area contributed by atoms with Gasteiger partial charge in [-0.05, 0) is 25.3 Å². The van der Waals surface area contributed by atoms with Crippen molar-refractivity contribution in [2.24, 2.45) is 0 Å². The second-order valence-electron chi connectivity index (χ2n) is 6.40. The lowest BCUT2D eigenvalue weighted by atomic mass is 9.81. The van der Waals surface area contributed by atoms with Gasteiger partial charge in [-0.2, -0.15) is 0 Å². The highest BCUT2D eigenvalue weighted by molar-refractivity contribution is 5.26. The summed E-state index contributed by atoms with van der Waals surface area (Å²) in [5, 5.41) is 3.83. The zero-order valence-corrected chi connectivity index (χ0v) is 14.0. The normalized spacial score (nSPS) is 25.9. The van der Waals surface area contributed by atoms with Crippen molar-refractivity contribution in [3.8, 4) is 0 Å². The molecule has 0 saturated carbocycles. The maximum Gasteiger partial charge on any atom is 0.0589 e. The Morgan fingerprint density at radius 1 is 1.19 bits per heavy atom. The summed E-state index contributed by atoms with van der Waals surface area (Å²) >= 11 is 0. The van der Waals surface area contributed by atoms with E-state index >= 15 is 0 Å². The van der Waals surface area contributed by atoms with Crippen molar-refractivity contribution in [2.75, 3.05) is 33.4 Å². The summed E-state index contributed by atoms with van der Waals surface area (Å²) in [5.41, 5.74) is 1.64. The van der Waals surface area contributed by atoms with Crippen LogP contribution in [0.3, 0.4) is 0 Å². The smallest absolute Gasteiger partial charge is 0.0589 e. The Bertz CT molecular complexity index is 430. The van der Waals surface area contributed by atoms with Gasteiger partial charge >= 0.3 is 0 Å². The molecule has 0 radical (unpaired) electrons. The van der Waals surface area contributed by atoms with E-state index < -0.39 is 0 Å². The van der Waals surface area contributed by atoms with Gasteiger partial charge in [-0.3, -0.25) is 4.90 Å². The molecule has 118 valence electrons. The quantitative estimate of drug-likeness (QED) is 0.871. The second-order valence-corrected chi connectivity index (χ2v) is 6.40. The molecule has 1 aliphatic rings. The van der Waals surface area contributed by atoms with Gasteiger partial charge in [0.05, 0.1) is 12.1 Å². The van der Waals surface area contributed by atoms with E-state index in [0.29, 0.717) is 0 Å². The van der Waals surface area contributed by atoms with Gasteiger partial charge in [-0.1, -0.05) is 44.2 Å². The summed E-state index contributed by atoms with van der Waals surface area (Å²) in [4.78, 5) is 2.64. The van der Waals surface area contributed by atoms with Crippen LogP contribution in [-0.4, -0.2) is 43.8 Å². The molecular weight excluding hydrogens is 260 g/mol. The van der Waals surface area contributed by atoms with E-state index in [9.17, 15) is 0 Å². The minimum Gasteiger partial charge on any atom is -0.383 e. The highest BCUT2D eigenvalue weighted by atomic mass is 16.5. The second kappa shape index (κ2) is 6.91. The first-order valence-electron chi connectivity index (χ1n) is 8.15. The topological polar surface area (TPSA) is 24.5 Å². The summed E-state index contributed by atoms with van der Waals surface area (Å²) in [7, 11) is 1.79. The Morgan fingerprint density at radius 3 is 2.43 bits per heavy atom. The molecule has 1 aromatic carbocycles. The van der Waals surface area contributed by atoms with Crippen LogP contribution in [0.4, 0.5) is 0 Å². The van der Waals surface area contributed by atoms with E-state index in [0.717, 1.165) is 26.2 Å². The SMILES string of the molecule is CCC1(CC)CNC(C)(c2ccccc2)CN1CCOC. The molecule has 1 atom stereocenters. The maximum atomic E-state index is 5.34. The molecule has 1 unspecified atom stereocenters. The third-order valence-corrected chi connectivity index (χ3v) is 5.28. The first kappa shape index (κ1) is 16.5. The lowest BCUT2D eigenvalue weighted by molar-refractivity contribution is -0.0126. The standard InChI is InChI=1S/C18H30N2O/c1-5-18(6-2)14-19-17(3,15-20(18)12-13-21-4)16-10-8-7-9-11-16/h7-11,19H,5-6,12-15H2,1-4H3. The molecular formula is C18H30N2O. The van der Waals surface area contributed by atoms with Gasteiger partial charge < -0.3 is 10.1 Å². The molecule has 21 heavy (non-hydrogen) atoms. The predicted molar refractivity (Wildman–Crippen MR) is 88.6 cm³/mol. The number of methoxy groups -OCH3 is 1. The van der Waals surface area contributed by atoms with Crippen molar-refractivity contribution < 1.29 is 4.74 Å². The van der Waals surface area contributed by atoms with Crippen LogP contribution in [0.5, 0.6) is 0 Å². The third-order valence-electron chi connectivity index (χ3n) is 5.28. The molecule has 1 fully saturated rings. The number of piperazine rings is 1. The van der Waals surface area contributed by atoms with Crippen LogP contribution >= 0.6 is 0 Å². The molecule has 1 saturated heterocycles. The zero-order chi connectivity index (χ0) is 15.3. The van der Waals surface area contributed by atoms with E-state index in [4.69, 9.17) is 4.74 Å². The van der Waals surface area contributed by atoms with Crippen LogP contribution in [0.25, 0.3) is 0 Å². The Labute approximate surface area is 129 Å². The molecule has 3 heteroatoms. The van der Waals surface area contributed by atoms with Crippen molar-refractivity contribution in [1.29, 1.82) is 0 Å². The van der Waals surface area contributed by atoms with E-state index in [2.05, 4.69) is 61.3 Å². The number of nitrogens with one attached hydrogen (secondary N) is 1. The fraction of sp³-hybridized carbons (Fsp3) is 0.667. The third kappa shape index (κ3) is 3.31. The largest absolute Gasteiger partial charge is 0.383 e. The Kier molecular flexibility index (Phi) is 5.42. The average Bonchev–Trinajstić information content (AvgIpc) is 2.54. The highest BCUT2D eigenvalue weighted by Crippen LogP contribution is 2.34. The van der Waals surface area contributed by atoms with E-state index in [-0.39, 0.29) is 11.1 Å². The minimum absolute atomic E-state index is 0.0167. The first-order chi connectivity index (χ1) is 10.1. The van der Waals surface area contributed by atoms with Gasteiger partial charge in [-0.25, -0.2) is 0 Å². The first-order valence-corrected chi connectivity index (χ1v) is 8.15. The highest BCUT2D eigenvalue weighted by Gasteiger charge is 2.43. The molecule has 0 spiro atoms. The summed E-state index contributed by atoms with van der Waals surface area (Å²) in [6, 6.07) is 10.8. The van der Waals surface area contributed by atoms with E-state index in [1.807, 2.05) is 0 Å². The van der Waals surface area contributed by atoms with E-state index in [1.165, 1.54) is 18.4 Å². The number of hydrogen-bond acceptors (Lipinski definition) is 3. The Morgan fingerprint density at radius 2 is 1.86 bits per heavy atom. The number of nitrogens with zero attached hydrogens (tertiary/aromatic N) is 1. The average molecular weight is 290 g/mol. The van der Waals surface area contributed by atoms with Gasteiger partial charge in [0.2, 0.25) is 0 Å². The molecule has 1 aromatic rings. The summed E-state index contributed by atoms with van der Waals surface area (Å²) in [6.07, 6.45) is 2.34. The Hall–Kier alpha value is -0.900. The molecule has 0 aromatic heterocycles. The maximum absolute atomic E-state index is 5.34. The van der Waals surface area contributed by atoms with Gasteiger partial charge in [0.15, 0.2) is 0 Å². The van der Waals surface area contributed by atoms with Crippen LogP contribution in [0.2, 0.25) is 0 Å². The Balaban J connectivity index is 2.23. The number of benzene rings is 1. The molecule has 3 nitrogen and oxygen atoms in total. The number of hydrogen-bond donors (Lipinski definition) is 1. The molecule has 0 aliphatic carbocycles. The van der Waals surface area contributed by atoms with Gasteiger partial charge in [0, 0.05) is 32.3 Å². The summed E-state index contributed by atoms with van der Waals surface area (Å²) in [6.45, 7) is 10.8. The van der Waals surface area contributed by atoms with Crippen molar-refractivity contribution >= 4 is 0 Å². The fourth-order valence-corrected chi connectivity index (χ4v) is 3.54. The van der Waals surface area contributed by atoms with Gasteiger partial charge in [0.1, 0.15) is 0 Å². The van der Waals surface area contributed by atoms with Gasteiger partial charge in [-0.15, -0.1) is 0 Å². The zero-order valence-electron chi connectivity index (χ0n) is 14.0. The molecule has 0 bridgehead atoms. The van der Waals surface area contributed by atoms with Crippen molar-refractivity contribution in [3.05, 3.63) is 35.9 Å². The van der Waals surface area contributed by atoms with Crippen LogP contribution in [0.1, 0.15) is 39.2 Å².